The van der Waals surface area contributed by atoms with Gasteiger partial charge in [-0.2, -0.15) is 0 Å². The van der Waals surface area contributed by atoms with Crippen molar-refractivity contribution in [2.75, 3.05) is 0 Å². The Labute approximate surface area is 121 Å². The van der Waals surface area contributed by atoms with Gasteiger partial charge in [-0.05, 0) is 36.2 Å². The fourth-order valence-electron chi connectivity index (χ4n) is 2.11. The number of benzene rings is 1. The summed E-state index contributed by atoms with van der Waals surface area (Å²) in [7, 11) is 0. The molecular formula is C16H14N2OS. The van der Waals surface area contributed by atoms with Crippen LogP contribution in [-0.2, 0) is 0 Å². The topological polar surface area (TPSA) is 42.9 Å². The van der Waals surface area contributed by atoms with Crippen LogP contribution in [0.4, 0.5) is 0 Å². The smallest absolute Gasteiger partial charge is 0.172 e. The number of fused-ring (bicyclic) bond motifs is 1. The van der Waals surface area contributed by atoms with E-state index >= 15 is 0 Å². The SMILES string of the molecule is CCCC(=O)c1ccc(-c2ccc3nccnc3c2)s1. The van der Waals surface area contributed by atoms with Crippen LogP contribution in [-0.4, -0.2) is 15.8 Å². The molecule has 0 radical (unpaired) electrons. The molecule has 20 heavy (non-hydrogen) atoms. The maximum absolute atomic E-state index is 11.9. The maximum atomic E-state index is 11.9. The van der Waals surface area contributed by atoms with Crippen molar-refractivity contribution >= 4 is 28.2 Å². The molecule has 3 aromatic rings. The summed E-state index contributed by atoms with van der Waals surface area (Å²) in [5.41, 5.74) is 2.84. The Morgan fingerprint density at radius 1 is 1.10 bits per heavy atom. The highest BCUT2D eigenvalue weighted by atomic mass is 32.1. The molecule has 4 heteroatoms. The van der Waals surface area contributed by atoms with Gasteiger partial charge in [0, 0.05) is 23.7 Å². The number of carbonyl (C=O) groups excluding carboxylic acids is 1. The van der Waals surface area contributed by atoms with E-state index in [4.69, 9.17) is 0 Å². The average Bonchev–Trinajstić information content (AvgIpc) is 2.97. The Bertz CT molecular complexity index is 764. The zero-order valence-electron chi connectivity index (χ0n) is 11.2. The number of rotatable bonds is 4. The molecule has 0 atom stereocenters. The predicted molar refractivity (Wildman–Crippen MR) is 82.1 cm³/mol. The zero-order valence-corrected chi connectivity index (χ0v) is 12.0. The van der Waals surface area contributed by atoms with E-state index in [1.807, 2.05) is 37.3 Å². The lowest BCUT2D eigenvalue weighted by Crippen LogP contribution is -1.93. The van der Waals surface area contributed by atoms with Crippen molar-refractivity contribution in [2.45, 2.75) is 19.8 Å². The van der Waals surface area contributed by atoms with E-state index in [1.54, 1.807) is 23.7 Å². The molecule has 1 aromatic carbocycles. The average molecular weight is 282 g/mol. The summed E-state index contributed by atoms with van der Waals surface area (Å²) in [6.45, 7) is 2.02. The van der Waals surface area contributed by atoms with Crippen molar-refractivity contribution in [1.29, 1.82) is 0 Å². The first kappa shape index (κ1) is 12.9. The minimum Gasteiger partial charge on any atom is -0.293 e. The quantitative estimate of drug-likeness (QED) is 0.668. The van der Waals surface area contributed by atoms with Gasteiger partial charge >= 0.3 is 0 Å². The van der Waals surface area contributed by atoms with Crippen LogP contribution < -0.4 is 0 Å². The molecule has 3 nitrogen and oxygen atoms in total. The number of hydrogen-bond acceptors (Lipinski definition) is 4. The van der Waals surface area contributed by atoms with E-state index in [-0.39, 0.29) is 5.78 Å². The Morgan fingerprint density at radius 2 is 1.90 bits per heavy atom. The molecule has 0 aliphatic rings. The number of Topliss-reactive ketones (excluding diaryl/α,β-unsaturated/α-hetero) is 1. The van der Waals surface area contributed by atoms with Crippen molar-refractivity contribution in [3.63, 3.8) is 0 Å². The minimum atomic E-state index is 0.226. The van der Waals surface area contributed by atoms with E-state index in [0.717, 1.165) is 32.8 Å². The molecule has 2 aromatic heterocycles. The van der Waals surface area contributed by atoms with Gasteiger partial charge in [0.2, 0.25) is 0 Å². The third-order valence-corrected chi connectivity index (χ3v) is 4.29. The van der Waals surface area contributed by atoms with Crippen molar-refractivity contribution in [2.24, 2.45) is 0 Å². The van der Waals surface area contributed by atoms with Crippen LogP contribution in [0.3, 0.4) is 0 Å². The lowest BCUT2D eigenvalue weighted by molar-refractivity contribution is 0.0985. The minimum absolute atomic E-state index is 0.226. The Hall–Kier alpha value is -2.07. The van der Waals surface area contributed by atoms with Crippen LogP contribution in [0.15, 0.2) is 42.7 Å². The highest BCUT2D eigenvalue weighted by molar-refractivity contribution is 7.17. The molecule has 0 spiro atoms. The number of ketones is 1. The summed E-state index contributed by atoms with van der Waals surface area (Å²) in [6, 6.07) is 9.92. The Morgan fingerprint density at radius 3 is 2.70 bits per heavy atom. The molecule has 2 heterocycles. The van der Waals surface area contributed by atoms with Crippen molar-refractivity contribution in [1.82, 2.24) is 9.97 Å². The fraction of sp³-hybridized carbons (Fsp3) is 0.188. The molecule has 3 rings (SSSR count). The van der Waals surface area contributed by atoms with Gasteiger partial charge in [-0.1, -0.05) is 13.0 Å². The van der Waals surface area contributed by atoms with Crippen LogP contribution in [0, 0.1) is 0 Å². The third kappa shape index (κ3) is 2.47. The first-order valence-electron chi connectivity index (χ1n) is 6.62. The first-order chi connectivity index (χ1) is 9.78. The van der Waals surface area contributed by atoms with E-state index in [9.17, 15) is 4.79 Å². The molecule has 0 aliphatic carbocycles. The van der Waals surface area contributed by atoms with Crippen LogP contribution >= 0.6 is 11.3 Å². The van der Waals surface area contributed by atoms with Crippen LogP contribution in [0.2, 0.25) is 0 Å². The molecule has 0 aliphatic heterocycles. The molecule has 0 amide bonds. The van der Waals surface area contributed by atoms with E-state index in [1.165, 1.54) is 0 Å². The zero-order chi connectivity index (χ0) is 13.9. The van der Waals surface area contributed by atoms with Gasteiger partial charge in [0.25, 0.3) is 0 Å². The number of aromatic nitrogens is 2. The summed E-state index contributed by atoms with van der Waals surface area (Å²) in [5.74, 6) is 0.226. The lowest BCUT2D eigenvalue weighted by atomic mass is 10.1. The number of nitrogens with zero attached hydrogens (tertiary/aromatic N) is 2. The van der Waals surface area contributed by atoms with Crippen molar-refractivity contribution in [3.8, 4) is 10.4 Å². The van der Waals surface area contributed by atoms with Gasteiger partial charge in [0.1, 0.15) is 0 Å². The largest absolute Gasteiger partial charge is 0.293 e. The Kier molecular flexibility index (Phi) is 3.56. The van der Waals surface area contributed by atoms with Gasteiger partial charge in [-0.15, -0.1) is 11.3 Å². The van der Waals surface area contributed by atoms with E-state index in [0.29, 0.717) is 6.42 Å². The van der Waals surface area contributed by atoms with Gasteiger partial charge < -0.3 is 0 Å². The molecule has 0 saturated heterocycles. The van der Waals surface area contributed by atoms with E-state index in [2.05, 4.69) is 9.97 Å². The monoisotopic (exact) mass is 282 g/mol. The normalized spacial score (nSPS) is 10.8. The van der Waals surface area contributed by atoms with Crippen molar-refractivity contribution in [3.05, 3.63) is 47.6 Å². The first-order valence-corrected chi connectivity index (χ1v) is 7.44. The molecule has 0 unspecified atom stereocenters. The second-order valence-electron chi connectivity index (χ2n) is 4.60. The van der Waals surface area contributed by atoms with Crippen LogP contribution in [0.25, 0.3) is 21.5 Å². The van der Waals surface area contributed by atoms with Crippen LogP contribution in [0.1, 0.15) is 29.4 Å². The van der Waals surface area contributed by atoms with Gasteiger partial charge in [0.15, 0.2) is 5.78 Å². The maximum Gasteiger partial charge on any atom is 0.172 e. The standard InChI is InChI=1S/C16H14N2OS/c1-2-3-14(19)16-7-6-15(20-16)11-4-5-12-13(10-11)18-9-8-17-12/h4-10H,2-3H2,1H3. The van der Waals surface area contributed by atoms with Gasteiger partial charge in [-0.25, -0.2) is 0 Å². The summed E-state index contributed by atoms with van der Waals surface area (Å²) in [5, 5.41) is 0. The van der Waals surface area contributed by atoms with Gasteiger partial charge in [-0.3, -0.25) is 14.8 Å². The number of carbonyl (C=O) groups is 1. The molecule has 0 N–H and O–H groups in total. The molecule has 0 bridgehead atoms. The predicted octanol–water partition coefficient (Wildman–Crippen LogP) is 4.34. The van der Waals surface area contributed by atoms with Crippen LogP contribution in [0.5, 0.6) is 0 Å². The van der Waals surface area contributed by atoms with E-state index < -0.39 is 0 Å². The second kappa shape index (κ2) is 5.51. The number of hydrogen-bond donors (Lipinski definition) is 0. The highest BCUT2D eigenvalue weighted by Gasteiger charge is 2.10. The molecule has 0 saturated carbocycles. The highest BCUT2D eigenvalue weighted by Crippen LogP contribution is 2.30. The third-order valence-electron chi connectivity index (χ3n) is 3.11. The summed E-state index contributed by atoms with van der Waals surface area (Å²) < 4.78 is 0. The summed E-state index contributed by atoms with van der Waals surface area (Å²) in [6.07, 6.45) is 4.88. The fourth-order valence-corrected chi connectivity index (χ4v) is 3.08. The second-order valence-corrected chi connectivity index (χ2v) is 5.68. The summed E-state index contributed by atoms with van der Waals surface area (Å²) >= 11 is 1.54. The number of thiophene rings is 1. The molecule has 0 fully saturated rings. The summed E-state index contributed by atoms with van der Waals surface area (Å²) in [4.78, 5) is 22.4. The Balaban J connectivity index is 1.96. The van der Waals surface area contributed by atoms with Gasteiger partial charge in [0.05, 0.1) is 15.9 Å². The molecule has 100 valence electrons. The lowest BCUT2D eigenvalue weighted by Gasteiger charge is -2.00. The molecular weight excluding hydrogens is 268 g/mol. The van der Waals surface area contributed by atoms with Crippen molar-refractivity contribution < 1.29 is 4.79 Å².